The Morgan fingerprint density at radius 2 is 2.20 bits per heavy atom. The highest BCUT2D eigenvalue weighted by atomic mass is 16.5. The van der Waals surface area contributed by atoms with Crippen molar-refractivity contribution in [1.82, 2.24) is 9.55 Å². The van der Waals surface area contributed by atoms with Crippen LogP contribution < -0.4 is 11.1 Å². The number of aliphatic hydroxyl groups is 3. The van der Waals surface area contributed by atoms with Gasteiger partial charge in [0.1, 0.15) is 18.3 Å². The van der Waals surface area contributed by atoms with Crippen LogP contribution in [0.3, 0.4) is 0 Å². The van der Waals surface area contributed by atoms with Crippen LogP contribution in [0.1, 0.15) is 16.7 Å². The number of primary amides is 1. The molecule has 10 heteroatoms. The van der Waals surface area contributed by atoms with E-state index in [1.54, 1.807) is 0 Å². The van der Waals surface area contributed by atoms with Crippen molar-refractivity contribution in [3.8, 4) is 0 Å². The van der Waals surface area contributed by atoms with Gasteiger partial charge in [-0.25, -0.2) is 4.98 Å². The minimum Gasteiger partial charge on any atom is -0.388 e. The fourth-order valence-corrected chi connectivity index (χ4v) is 1.99. The molecule has 2 rings (SSSR count). The van der Waals surface area contributed by atoms with Crippen LogP contribution in [-0.4, -0.2) is 62.1 Å². The van der Waals surface area contributed by atoms with Crippen molar-refractivity contribution in [2.24, 2.45) is 5.73 Å². The topological polar surface area (TPSA) is 160 Å². The van der Waals surface area contributed by atoms with E-state index in [4.69, 9.17) is 10.5 Å². The van der Waals surface area contributed by atoms with Crippen molar-refractivity contribution in [2.75, 3.05) is 11.9 Å². The van der Waals surface area contributed by atoms with Crippen molar-refractivity contribution in [3.63, 3.8) is 0 Å². The second-order valence-electron chi connectivity index (χ2n) is 4.25. The number of amides is 2. The minimum absolute atomic E-state index is 0.0936. The molecule has 0 bridgehead atoms. The molecule has 1 aromatic heterocycles. The number of imidazole rings is 1. The second-order valence-corrected chi connectivity index (χ2v) is 4.25. The van der Waals surface area contributed by atoms with Crippen LogP contribution in [0, 0.1) is 0 Å². The fourth-order valence-electron chi connectivity index (χ4n) is 1.99. The molecule has 6 N–H and O–H groups in total. The number of carbonyl (C=O) groups excluding carboxylic acids is 2. The Morgan fingerprint density at radius 3 is 2.80 bits per heavy atom. The highest BCUT2D eigenvalue weighted by molar-refractivity contribution is 5.97. The summed E-state index contributed by atoms with van der Waals surface area (Å²) in [5, 5.41) is 31.1. The first-order chi connectivity index (χ1) is 9.47. The van der Waals surface area contributed by atoms with Gasteiger partial charge in [0.25, 0.3) is 5.91 Å². The zero-order valence-electron chi connectivity index (χ0n) is 10.2. The predicted octanol–water partition coefficient (Wildman–Crippen LogP) is -2.84. The maximum Gasteiger partial charge on any atom is 0.269 e. The molecule has 1 aromatic rings. The lowest BCUT2D eigenvalue weighted by atomic mass is 10.0. The predicted molar refractivity (Wildman–Crippen MR) is 63.4 cm³/mol. The molecule has 1 saturated heterocycles. The number of nitrogens with one attached hydrogen (secondary N) is 1. The number of rotatable bonds is 4. The summed E-state index contributed by atoms with van der Waals surface area (Å²) < 4.78 is 6.27. The first-order valence-corrected chi connectivity index (χ1v) is 5.70. The normalized spacial score (nSPS) is 29.9. The molecule has 1 aliphatic rings. The number of nitrogens with two attached hydrogens (primary N) is 1. The van der Waals surface area contributed by atoms with Gasteiger partial charge >= 0.3 is 0 Å². The standard InChI is InChI=1S/C10H14N4O6/c11-8(19)5-9(13-3-15)12-2-14(5)10-7(18)6(17)4(16)1-20-10/h2-4,6-7,10,16-18H,1H2,(H2,11,19)(H,13,15)/t4-,6-,7+,10+/m1/s1. The summed E-state index contributed by atoms with van der Waals surface area (Å²) in [6.07, 6.45) is -3.89. The van der Waals surface area contributed by atoms with Gasteiger partial charge in [-0.05, 0) is 0 Å². The Bertz CT molecular complexity index is 518. The van der Waals surface area contributed by atoms with Gasteiger partial charge in [0.2, 0.25) is 6.41 Å². The summed E-state index contributed by atoms with van der Waals surface area (Å²) in [6, 6.07) is 0. The Kier molecular flexibility index (Phi) is 3.99. The van der Waals surface area contributed by atoms with Gasteiger partial charge in [-0.3, -0.25) is 14.2 Å². The zero-order valence-corrected chi connectivity index (χ0v) is 10.2. The highest BCUT2D eigenvalue weighted by Crippen LogP contribution is 2.27. The minimum atomic E-state index is -1.49. The van der Waals surface area contributed by atoms with E-state index in [1.165, 1.54) is 0 Å². The number of aromatic nitrogens is 2. The van der Waals surface area contributed by atoms with E-state index in [1.807, 2.05) is 0 Å². The molecular weight excluding hydrogens is 272 g/mol. The summed E-state index contributed by atoms with van der Waals surface area (Å²) in [4.78, 5) is 25.6. The Morgan fingerprint density at radius 1 is 1.50 bits per heavy atom. The molecular formula is C10H14N4O6. The molecule has 110 valence electrons. The average molecular weight is 286 g/mol. The van der Waals surface area contributed by atoms with Crippen molar-refractivity contribution < 1.29 is 29.6 Å². The molecule has 0 aliphatic carbocycles. The number of hydrogen-bond donors (Lipinski definition) is 5. The van der Waals surface area contributed by atoms with Gasteiger partial charge in [0, 0.05) is 0 Å². The average Bonchev–Trinajstić information content (AvgIpc) is 2.80. The van der Waals surface area contributed by atoms with Crippen LogP contribution in [-0.2, 0) is 9.53 Å². The molecule has 1 aliphatic heterocycles. The third-order valence-electron chi connectivity index (χ3n) is 2.97. The molecule has 0 unspecified atom stereocenters. The highest BCUT2D eigenvalue weighted by Gasteiger charge is 2.40. The summed E-state index contributed by atoms with van der Waals surface area (Å²) in [5.74, 6) is -0.993. The first-order valence-electron chi connectivity index (χ1n) is 5.70. The van der Waals surface area contributed by atoms with E-state index >= 15 is 0 Å². The smallest absolute Gasteiger partial charge is 0.269 e. The second kappa shape index (κ2) is 5.54. The van der Waals surface area contributed by atoms with E-state index in [-0.39, 0.29) is 18.1 Å². The molecule has 0 saturated carbocycles. The molecule has 4 atom stereocenters. The molecule has 2 amide bonds. The van der Waals surface area contributed by atoms with E-state index in [0.29, 0.717) is 6.41 Å². The number of anilines is 1. The van der Waals surface area contributed by atoms with Crippen LogP contribution in [0.15, 0.2) is 6.33 Å². The fraction of sp³-hybridized carbons (Fsp3) is 0.500. The van der Waals surface area contributed by atoms with E-state index in [2.05, 4.69) is 10.3 Å². The molecule has 2 heterocycles. The maximum absolute atomic E-state index is 11.4. The third-order valence-corrected chi connectivity index (χ3v) is 2.97. The van der Waals surface area contributed by atoms with Crippen molar-refractivity contribution in [2.45, 2.75) is 24.5 Å². The van der Waals surface area contributed by atoms with Crippen LogP contribution >= 0.6 is 0 Å². The lowest BCUT2D eigenvalue weighted by Gasteiger charge is -2.36. The lowest BCUT2D eigenvalue weighted by molar-refractivity contribution is -0.211. The summed E-state index contributed by atoms with van der Waals surface area (Å²) in [7, 11) is 0. The van der Waals surface area contributed by atoms with E-state index < -0.39 is 30.4 Å². The van der Waals surface area contributed by atoms with E-state index in [9.17, 15) is 24.9 Å². The maximum atomic E-state index is 11.4. The van der Waals surface area contributed by atoms with Gasteiger partial charge in [0.05, 0.1) is 12.9 Å². The largest absolute Gasteiger partial charge is 0.388 e. The van der Waals surface area contributed by atoms with Crippen LogP contribution in [0.25, 0.3) is 0 Å². The molecule has 1 fully saturated rings. The SMILES string of the molecule is NC(=O)c1c(NC=O)ncn1[C@H]1OC[C@@H](O)[C@@H](O)[C@@H]1O. The molecule has 20 heavy (non-hydrogen) atoms. The summed E-state index contributed by atoms with van der Waals surface area (Å²) in [5.41, 5.74) is 5.01. The summed E-state index contributed by atoms with van der Waals surface area (Å²) >= 11 is 0. The number of ether oxygens (including phenoxy) is 1. The zero-order chi connectivity index (χ0) is 14.9. The molecule has 10 nitrogen and oxygen atoms in total. The van der Waals surface area contributed by atoms with Gasteiger partial charge in [-0.15, -0.1) is 0 Å². The first kappa shape index (κ1) is 14.4. The van der Waals surface area contributed by atoms with Gasteiger partial charge in [-0.2, -0.15) is 0 Å². The quantitative estimate of drug-likeness (QED) is 0.372. The lowest BCUT2D eigenvalue weighted by Crippen LogP contribution is -2.51. The van der Waals surface area contributed by atoms with Crippen LogP contribution in [0.2, 0.25) is 0 Å². The van der Waals surface area contributed by atoms with Gasteiger partial charge in [-0.1, -0.05) is 0 Å². The van der Waals surface area contributed by atoms with Crippen LogP contribution in [0.5, 0.6) is 0 Å². The number of nitrogens with zero attached hydrogens (tertiary/aromatic N) is 2. The molecule has 0 aromatic carbocycles. The van der Waals surface area contributed by atoms with Gasteiger partial charge in [0.15, 0.2) is 17.7 Å². The molecule has 0 spiro atoms. The number of carbonyl (C=O) groups is 2. The number of hydrogen-bond acceptors (Lipinski definition) is 7. The monoisotopic (exact) mass is 286 g/mol. The van der Waals surface area contributed by atoms with Crippen molar-refractivity contribution >= 4 is 18.1 Å². The Hall–Kier alpha value is -2.01. The Labute approximate surface area is 112 Å². The van der Waals surface area contributed by atoms with E-state index in [0.717, 1.165) is 10.9 Å². The molecule has 0 radical (unpaired) electrons. The third kappa shape index (κ3) is 2.36. The summed E-state index contributed by atoms with van der Waals surface area (Å²) in [6.45, 7) is -0.240. The van der Waals surface area contributed by atoms with Crippen LogP contribution in [0.4, 0.5) is 5.82 Å². The number of aliphatic hydroxyl groups excluding tert-OH is 3. The van der Waals surface area contributed by atoms with Gasteiger partial charge < -0.3 is 31.1 Å². The van der Waals surface area contributed by atoms with Crippen molar-refractivity contribution in [3.05, 3.63) is 12.0 Å². The van der Waals surface area contributed by atoms with Crippen molar-refractivity contribution in [1.29, 1.82) is 0 Å². The Balaban J connectivity index is 2.37.